The van der Waals surface area contributed by atoms with Crippen molar-refractivity contribution < 1.29 is 22.7 Å². The van der Waals surface area contributed by atoms with Crippen LogP contribution in [0.1, 0.15) is 18.2 Å². The van der Waals surface area contributed by atoms with E-state index in [1.165, 1.54) is 21.0 Å². The van der Waals surface area contributed by atoms with Crippen LogP contribution in [0.15, 0.2) is 24.3 Å². The number of ether oxygens (including phenoxy) is 1. The number of anilines is 1. The van der Waals surface area contributed by atoms with Crippen molar-refractivity contribution in [3.63, 3.8) is 0 Å². The second kappa shape index (κ2) is 6.23. The van der Waals surface area contributed by atoms with Gasteiger partial charge in [-0.15, -0.1) is 0 Å². The van der Waals surface area contributed by atoms with Crippen LogP contribution < -0.4 is 10.1 Å². The van der Waals surface area contributed by atoms with Gasteiger partial charge in [0, 0.05) is 18.1 Å². The lowest BCUT2D eigenvalue weighted by Crippen LogP contribution is -2.17. The molecule has 0 aliphatic carbocycles. The van der Waals surface area contributed by atoms with E-state index in [1.807, 2.05) is 0 Å². The number of hydrogen-bond donors (Lipinski definition) is 1. The molecule has 5 nitrogen and oxygen atoms in total. The highest BCUT2D eigenvalue weighted by atomic mass is 19.4. The summed E-state index contributed by atoms with van der Waals surface area (Å²) < 4.78 is 44.5. The monoisotopic (exact) mass is 325 g/mol. The van der Waals surface area contributed by atoms with Crippen LogP contribution in [0.2, 0.25) is 0 Å². The zero-order valence-corrected chi connectivity index (χ0v) is 12.7. The van der Waals surface area contributed by atoms with Crippen molar-refractivity contribution in [3.05, 3.63) is 35.5 Å². The summed E-state index contributed by atoms with van der Waals surface area (Å²) in [4.78, 5) is 18.5. The Balaban J connectivity index is 2.62. The van der Waals surface area contributed by atoms with Gasteiger partial charge in [-0.3, -0.25) is 10.1 Å². The van der Waals surface area contributed by atoms with Gasteiger partial charge in [0.15, 0.2) is 5.69 Å². The van der Waals surface area contributed by atoms with Crippen molar-refractivity contribution in [2.75, 3.05) is 12.4 Å². The second-order valence-electron chi connectivity index (χ2n) is 4.78. The van der Waals surface area contributed by atoms with E-state index in [1.54, 1.807) is 24.3 Å². The van der Waals surface area contributed by atoms with Gasteiger partial charge >= 0.3 is 6.18 Å². The molecule has 0 fully saturated rings. The first kappa shape index (κ1) is 16.7. The Morgan fingerprint density at radius 1 is 1.17 bits per heavy atom. The van der Waals surface area contributed by atoms with E-state index in [-0.39, 0.29) is 17.2 Å². The third kappa shape index (κ3) is 3.77. The largest absolute Gasteiger partial charge is 0.497 e. The number of nitrogens with zero attached hydrogens (tertiary/aromatic N) is 2. The van der Waals surface area contributed by atoms with Crippen LogP contribution >= 0.6 is 0 Å². The third-order valence-electron chi connectivity index (χ3n) is 3.07. The average molecular weight is 325 g/mol. The number of nitrogens with one attached hydrogen (secondary N) is 1. The highest BCUT2D eigenvalue weighted by Gasteiger charge is 2.36. The van der Waals surface area contributed by atoms with Crippen LogP contribution in [-0.4, -0.2) is 23.0 Å². The molecule has 23 heavy (non-hydrogen) atoms. The van der Waals surface area contributed by atoms with Crippen LogP contribution in [-0.2, 0) is 11.0 Å². The minimum absolute atomic E-state index is 0.0960. The molecule has 1 heterocycles. The molecular weight excluding hydrogens is 311 g/mol. The number of rotatable bonds is 3. The molecule has 8 heteroatoms. The van der Waals surface area contributed by atoms with Crippen molar-refractivity contribution in [2.45, 2.75) is 20.0 Å². The molecule has 1 aromatic heterocycles. The molecule has 0 aliphatic rings. The fourth-order valence-corrected chi connectivity index (χ4v) is 2.04. The summed E-state index contributed by atoms with van der Waals surface area (Å²) in [6.45, 7) is 2.46. The van der Waals surface area contributed by atoms with E-state index in [9.17, 15) is 18.0 Å². The SMILES string of the molecule is COc1ccc(-c2nc(NC(C)=O)nc(C(F)(F)F)c2C)cc1. The Labute approximate surface area is 130 Å². The number of aromatic nitrogens is 2. The van der Waals surface area contributed by atoms with E-state index >= 15 is 0 Å². The number of amides is 1. The normalized spacial score (nSPS) is 11.2. The average Bonchev–Trinajstić information content (AvgIpc) is 2.47. The van der Waals surface area contributed by atoms with Crippen LogP contribution in [0.25, 0.3) is 11.3 Å². The predicted octanol–water partition coefficient (Wildman–Crippen LogP) is 3.44. The third-order valence-corrected chi connectivity index (χ3v) is 3.07. The number of benzene rings is 1. The molecule has 2 aromatic rings. The van der Waals surface area contributed by atoms with Crippen molar-refractivity contribution >= 4 is 11.9 Å². The van der Waals surface area contributed by atoms with E-state index in [2.05, 4.69) is 15.3 Å². The molecule has 0 bridgehead atoms. The lowest BCUT2D eigenvalue weighted by molar-refractivity contribution is -0.141. The maximum Gasteiger partial charge on any atom is 0.433 e. The fraction of sp³-hybridized carbons (Fsp3) is 0.267. The van der Waals surface area contributed by atoms with E-state index < -0.39 is 17.8 Å². The summed E-state index contributed by atoms with van der Waals surface area (Å²) in [7, 11) is 1.49. The Hall–Kier alpha value is -2.64. The van der Waals surface area contributed by atoms with Crippen LogP contribution in [0.4, 0.5) is 19.1 Å². The number of halogens is 3. The first-order valence-corrected chi connectivity index (χ1v) is 6.60. The first-order valence-electron chi connectivity index (χ1n) is 6.60. The van der Waals surface area contributed by atoms with Gasteiger partial charge < -0.3 is 4.74 Å². The van der Waals surface area contributed by atoms with Crippen LogP contribution in [0.5, 0.6) is 5.75 Å². The molecule has 0 atom stereocenters. The molecular formula is C15H14F3N3O2. The zero-order chi connectivity index (χ0) is 17.2. The van der Waals surface area contributed by atoms with Crippen LogP contribution in [0.3, 0.4) is 0 Å². The van der Waals surface area contributed by atoms with Gasteiger partial charge in [-0.2, -0.15) is 13.2 Å². The molecule has 122 valence electrons. The van der Waals surface area contributed by atoms with Gasteiger partial charge in [-0.25, -0.2) is 9.97 Å². The van der Waals surface area contributed by atoms with Gasteiger partial charge in [0.2, 0.25) is 11.9 Å². The number of methoxy groups -OCH3 is 1. The Morgan fingerprint density at radius 2 is 1.78 bits per heavy atom. The Morgan fingerprint density at radius 3 is 2.26 bits per heavy atom. The van der Waals surface area contributed by atoms with Crippen molar-refractivity contribution in [2.24, 2.45) is 0 Å². The Bertz CT molecular complexity index is 728. The van der Waals surface area contributed by atoms with E-state index in [4.69, 9.17) is 4.74 Å². The smallest absolute Gasteiger partial charge is 0.433 e. The van der Waals surface area contributed by atoms with Crippen molar-refractivity contribution in [1.82, 2.24) is 9.97 Å². The highest BCUT2D eigenvalue weighted by molar-refractivity contribution is 5.87. The number of carbonyl (C=O) groups excluding carboxylic acids is 1. The van der Waals surface area contributed by atoms with Gasteiger partial charge in [-0.05, 0) is 31.2 Å². The first-order chi connectivity index (χ1) is 10.7. The van der Waals surface area contributed by atoms with Crippen molar-refractivity contribution in [3.8, 4) is 17.0 Å². The van der Waals surface area contributed by atoms with Gasteiger partial charge in [0.25, 0.3) is 0 Å². The lowest BCUT2D eigenvalue weighted by atomic mass is 10.1. The molecule has 2 rings (SSSR count). The summed E-state index contributed by atoms with van der Waals surface area (Å²) >= 11 is 0. The minimum atomic E-state index is -4.65. The predicted molar refractivity (Wildman–Crippen MR) is 78.1 cm³/mol. The van der Waals surface area contributed by atoms with Crippen LogP contribution in [0, 0.1) is 6.92 Å². The topological polar surface area (TPSA) is 64.1 Å². The second-order valence-corrected chi connectivity index (χ2v) is 4.78. The standard InChI is InChI=1S/C15H14F3N3O2/c1-8-12(10-4-6-11(23-3)7-5-10)20-14(19-9(2)22)21-13(8)15(16,17)18/h4-7H,1-3H3,(H,19,20,21,22). The van der Waals surface area contributed by atoms with Gasteiger partial charge in [0.05, 0.1) is 12.8 Å². The molecule has 1 amide bonds. The molecule has 0 unspecified atom stereocenters. The fourth-order valence-electron chi connectivity index (χ4n) is 2.04. The van der Waals surface area contributed by atoms with Gasteiger partial charge in [-0.1, -0.05) is 0 Å². The maximum atomic E-state index is 13.2. The molecule has 0 radical (unpaired) electrons. The quantitative estimate of drug-likeness (QED) is 0.939. The lowest BCUT2D eigenvalue weighted by Gasteiger charge is -2.15. The molecule has 0 spiro atoms. The maximum absolute atomic E-state index is 13.2. The van der Waals surface area contributed by atoms with Crippen molar-refractivity contribution in [1.29, 1.82) is 0 Å². The summed E-state index contributed by atoms with van der Waals surface area (Å²) in [6, 6.07) is 6.40. The summed E-state index contributed by atoms with van der Waals surface area (Å²) in [5.41, 5.74) is -0.639. The number of alkyl halides is 3. The minimum Gasteiger partial charge on any atom is -0.497 e. The molecule has 0 aliphatic heterocycles. The molecule has 1 N–H and O–H groups in total. The summed E-state index contributed by atoms with van der Waals surface area (Å²) in [6.07, 6.45) is -4.65. The van der Waals surface area contributed by atoms with E-state index in [0.717, 1.165) is 0 Å². The number of carbonyl (C=O) groups is 1. The number of hydrogen-bond acceptors (Lipinski definition) is 4. The Kier molecular flexibility index (Phi) is 4.53. The molecule has 1 aromatic carbocycles. The zero-order valence-electron chi connectivity index (χ0n) is 12.7. The van der Waals surface area contributed by atoms with Gasteiger partial charge in [0.1, 0.15) is 5.75 Å². The molecule has 0 saturated carbocycles. The summed E-state index contributed by atoms with van der Waals surface area (Å²) in [5.74, 6) is -0.373. The highest BCUT2D eigenvalue weighted by Crippen LogP contribution is 2.35. The molecule has 0 saturated heterocycles. The van der Waals surface area contributed by atoms with E-state index in [0.29, 0.717) is 11.3 Å². The summed E-state index contributed by atoms with van der Waals surface area (Å²) in [5, 5.41) is 2.19.